The summed E-state index contributed by atoms with van der Waals surface area (Å²) in [5.74, 6) is 0.714. The highest BCUT2D eigenvalue weighted by Gasteiger charge is 2.29. The number of halogens is 1. The third-order valence-electron chi connectivity index (χ3n) is 3.29. The normalized spacial score (nSPS) is 21.8. The van der Waals surface area contributed by atoms with Gasteiger partial charge in [0.25, 0.3) is 0 Å². The molecule has 1 aromatic carbocycles. The molecule has 0 unspecified atom stereocenters. The van der Waals surface area contributed by atoms with E-state index in [9.17, 15) is 9.90 Å². The fourth-order valence-corrected chi connectivity index (χ4v) is 2.24. The van der Waals surface area contributed by atoms with Crippen molar-refractivity contribution in [2.45, 2.75) is 18.6 Å². The van der Waals surface area contributed by atoms with Gasteiger partial charge in [0, 0.05) is 18.6 Å². The van der Waals surface area contributed by atoms with Gasteiger partial charge in [0.1, 0.15) is 12.4 Å². The van der Waals surface area contributed by atoms with Crippen LogP contribution in [-0.2, 0) is 4.79 Å². The number of carbonyl (C=O) groups excluding carboxylic acids is 1. The Labute approximate surface area is 123 Å². The number of carbonyl (C=O) groups is 1. The quantitative estimate of drug-likeness (QED) is 0.848. The van der Waals surface area contributed by atoms with Crippen LogP contribution in [-0.4, -0.2) is 54.8 Å². The third kappa shape index (κ3) is 4.10. The van der Waals surface area contributed by atoms with Crippen molar-refractivity contribution in [1.82, 2.24) is 10.2 Å². The number of β-amino-alcohol motifs (C(OH)–C–C–N with tert-alkyl or cyclic N) is 1. The lowest BCUT2D eigenvalue weighted by molar-refractivity contribution is -0.132. The average molecular weight is 299 g/mol. The minimum atomic E-state index is -0.428. The molecule has 5 nitrogen and oxygen atoms in total. The van der Waals surface area contributed by atoms with Gasteiger partial charge >= 0.3 is 0 Å². The van der Waals surface area contributed by atoms with Gasteiger partial charge in [0.15, 0.2) is 0 Å². The zero-order valence-electron chi connectivity index (χ0n) is 11.4. The van der Waals surface area contributed by atoms with Crippen LogP contribution in [0.2, 0.25) is 5.02 Å². The van der Waals surface area contributed by atoms with Gasteiger partial charge in [-0.25, -0.2) is 0 Å². The molecule has 2 rings (SSSR count). The van der Waals surface area contributed by atoms with Gasteiger partial charge in [-0.3, -0.25) is 4.79 Å². The van der Waals surface area contributed by atoms with Crippen molar-refractivity contribution in [3.63, 3.8) is 0 Å². The molecular weight excluding hydrogens is 280 g/mol. The van der Waals surface area contributed by atoms with Gasteiger partial charge in [-0.2, -0.15) is 0 Å². The van der Waals surface area contributed by atoms with Crippen LogP contribution >= 0.6 is 11.6 Å². The summed E-state index contributed by atoms with van der Waals surface area (Å²) in [6.07, 6.45) is 0.0453. The molecule has 6 heteroatoms. The highest BCUT2D eigenvalue weighted by Crippen LogP contribution is 2.15. The number of hydrogen-bond acceptors (Lipinski definition) is 4. The summed E-state index contributed by atoms with van der Waals surface area (Å²) in [5.41, 5.74) is 0. The minimum Gasteiger partial charge on any atom is -0.492 e. The third-order valence-corrected chi connectivity index (χ3v) is 3.54. The second kappa shape index (κ2) is 6.92. The predicted octanol–water partition coefficient (Wildman–Crippen LogP) is 0.900. The fraction of sp³-hybridized carbons (Fsp3) is 0.500. The standard InChI is InChI=1S/C14H19ClN2O3/c1-17(14(19)13-8-11(18)9-16-13)6-7-20-12-4-2-10(15)3-5-12/h2-5,11,13,16,18H,6-9H2,1H3/t11-,13+/m0/s1. The first kappa shape index (κ1) is 15.1. The molecule has 0 spiro atoms. The van der Waals surface area contributed by atoms with E-state index in [0.717, 1.165) is 5.75 Å². The maximum Gasteiger partial charge on any atom is 0.239 e. The molecule has 1 saturated heterocycles. The number of aliphatic hydroxyl groups is 1. The molecule has 1 aliphatic rings. The van der Waals surface area contributed by atoms with Gasteiger partial charge in [0.2, 0.25) is 5.91 Å². The summed E-state index contributed by atoms with van der Waals surface area (Å²) in [6.45, 7) is 1.39. The summed E-state index contributed by atoms with van der Waals surface area (Å²) < 4.78 is 5.54. The number of rotatable bonds is 5. The fourth-order valence-electron chi connectivity index (χ4n) is 2.11. The summed E-state index contributed by atoms with van der Waals surface area (Å²) in [4.78, 5) is 13.7. The van der Waals surface area contributed by atoms with E-state index in [1.54, 1.807) is 36.2 Å². The number of benzene rings is 1. The second-order valence-electron chi connectivity index (χ2n) is 4.91. The van der Waals surface area contributed by atoms with Crippen molar-refractivity contribution < 1.29 is 14.6 Å². The smallest absolute Gasteiger partial charge is 0.239 e. The molecule has 1 aliphatic heterocycles. The van der Waals surface area contributed by atoms with Gasteiger partial charge in [-0.1, -0.05) is 11.6 Å². The van der Waals surface area contributed by atoms with Crippen molar-refractivity contribution in [3.8, 4) is 5.75 Å². The van der Waals surface area contributed by atoms with Gasteiger partial charge < -0.3 is 20.1 Å². The molecule has 0 saturated carbocycles. The Balaban J connectivity index is 1.73. The van der Waals surface area contributed by atoms with Crippen molar-refractivity contribution in [1.29, 1.82) is 0 Å². The summed E-state index contributed by atoms with van der Waals surface area (Å²) >= 11 is 5.79. The lowest BCUT2D eigenvalue weighted by atomic mass is 10.2. The Morgan fingerprint density at radius 1 is 1.50 bits per heavy atom. The molecule has 0 bridgehead atoms. The highest BCUT2D eigenvalue weighted by molar-refractivity contribution is 6.30. The molecule has 20 heavy (non-hydrogen) atoms. The Hall–Kier alpha value is -1.30. The number of nitrogens with zero attached hydrogens (tertiary/aromatic N) is 1. The van der Waals surface area contributed by atoms with Crippen LogP contribution in [0.3, 0.4) is 0 Å². The number of ether oxygens (including phenoxy) is 1. The van der Waals surface area contributed by atoms with Crippen LogP contribution in [0, 0.1) is 0 Å². The molecule has 2 N–H and O–H groups in total. The lowest BCUT2D eigenvalue weighted by Gasteiger charge is -2.21. The maximum atomic E-state index is 12.1. The topological polar surface area (TPSA) is 61.8 Å². The van der Waals surface area contributed by atoms with E-state index in [4.69, 9.17) is 16.3 Å². The zero-order chi connectivity index (χ0) is 14.5. The zero-order valence-corrected chi connectivity index (χ0v) is 12.1. The summed E-state index contributed by atoms with van der Waals surface area (Å²) in [7, 11) is 1.74. The summed E-state index contributed by atoms with van der Waals surface area (Å²) in [6, 6.07) is 6.81. The van der Waals surface area contributed by atoms with E-state index >= 15 is 0 Å². The molecule has 1 fully saturated rings. The van der Waals surface area contributed by atoms with Crippen molar-refractivity contribution in [2.24, 2.45) is 0 Å². The molecule has 1 aromatic rings. The van der Waals surface area contributed by atoms with Crippen molar-refractivity contribution in [3.05, 3.63) is 29.3 Å². The van der Waals surface area contributed by atoms with E-state index < -0.39 is 6.10 Å². The molecule has 2 atom stereocenters. The first-order chi connectivity index (χ1) is 9.56. The largest absolute Gasteiger partial charge is 0.492 e. The van der Waals surface area contributed by atoms with Crippen LogP contribution in [0.4, 0.5) is 0 Å². The van der Waals surface area contributed by atoms with Gasteiger partial charge in [0.05, 0.1) is 18.7 Å². The van der Waals surface area contributed by atoms with E-state index in [-0.39, 0.29) is 11.9 Å². The van der Waals surface area contributed by atoms with Crippen LogP contribution in [0.5, 0.6) is 5.75 Å². The number of aliphatic hydroxyl groups excluding tert-OH is 1. The Morgan fingerprint density at radius 2 is 2.20 bits per heavy atom. The lowest BCUT2D eigenvalue weighted by Crippen LogP contribution is -2.43. The second-order valence-corrected chi connectivity index (χ2v) is 5.35. The van der Waals surface area contributed by atoms with E-state index in [1.807, 2.05) is 0 Å². The van der Waals surface area contributed by atoms with Crippen LogP contribution in [0.15, 0.2) is 24.3 Å². The molecule has 0 aromatic heterocycles. The number of amides is 1. The Kier molecular flexibility index (Phi) is 5.23. The molecular formula is C14H19ClN2O3. The molecule has 1 heterocycles. The predicted molar refractivity (Wildman–Crippen MR) is 77.0 cm³/mol. The SMILES string of the molecule is CN(CCOc1ccc(Cl)cc1)C(=O)[C@H]1C[C@H](O)CN1. The number of likely N-dealkylation sites (N-methyl/N-ethyl adjacent to an activating group) is 1. The number of nitrogens with one attached hydrogen (secondary N) is 1. The van der Waals surface area contributed by atoms with Gasteiger partial charge in [-0.15, -0.1) is 0 Å². The van der Waals surface area contributed by atoms with Crippen molar-refractivity contribution in [2.75, 3.05) is 26.7 Å². The summed E-state index contributed by atoms with van der Waals surface area (Å²) in [5, 5.41) is 13.1. The minimum absolute atomic E-state index is 0.0127. The molecule has 0 radical (unpaired) electrons. The van der Waals surface area contributed by atoms with E-state index in [2.05, 4.69) is 5.32 Å². The van der Waals surface area contributed by atoms with Crippen LogP contribution in [0.1, 0.15) is 6.42 Å². The van der Waals surface area contributed by atoms with Crippen LogP contribution < -0.4 is 10.1 Å². The number of hydrogen-bond donors (Lipinski definition) is 2. The van der Waals surface area contributed by atoms with Gasteiger partial charge in [-0.05, 0) is 30.7 Å². The Morgan fingerprint density at radius 3 is 2.80 bits per heavy atom. The first-order valence-electron chi connectivity index (χ1n) is 6.61. The molecule has 110 valence electrons. The van der Waals surface area contributed by atoms with E-state index in [1.165, 1.54) is 0 Å². The first-order valence-corrected chi connectivity index (χ1v) is 6.99. The molecule has 1 amide bonds. The van der Waals surface area contributed by atoms with Crippen LogP contribution in [0.25, 0.3) is 0 Å². The maximum absolute atomic E-state index is 12.1. The average Bonchev–Trinajstić information content (AvgIpc) is 2.86. The van der Waals surface area contributed by atoms with E-state index in [0.29, 0.717) is 31.1 Å². The van der Waals surface area contributed by atoms with Crippen molar-refractivity contribution >= 4 is 17.5 Å². The Bertz CT molecular complexity index is 452. The molecule has 0 aliphatic carbocycles. The highest BCUT2D eigenvalue weighted by atomic mass is 35.5. The monoisotopic (exact) mass is 298 g/mol.